The third kappa shape index (κ3) is 3.20. The van der Waals surface area contributed by atoms with E-state index in [2.05, 4.69) is 9.72 Å². The van der Waals surface area contributed by atoms with E-state index in [4.69, 9.17) is 10.2 Å². The third-order valence-electron chi connectivity index (χ3n) is 1.60. The van der Waals surface area contributed by atoms with Gasteiger partial charge in [0.25, 0.3) is 0 Å². The minimum atomic E-state index is -5.14. The summed E-state index contributed by atoms with van der Waals surface area (Å²) in [7, 11) is 0. The molecular weight excluding hydrogens is 250 g/mol. The maximum absolute atomic E-state index is 12.3. The van der Waals surface area contributed by atoms with Gasteiger partial charge in [0, 0.05) is 6.07 Å². The summed E-state index contributed by atoms with van der Waals surface area (Å²) in [6.45, 7) is -1.43. The van der Waals surface area contributed by atoms with Gasteiger partial charge in [0.1, 0.15) is 12.4 Å². The number of halogens is 4. The smallest absolute Gasteiger partial charge is 0.503 e. The van der Waals surface area contributed by atoms with Crippen LogP contribution in [0.5, 0.6) is 11.5 Å². The molecule has 0 fully saturated rings. The SMILES string of the molecule is O=C(O)c1cc(OC(F)(F)F)c(O)c(CF)n1. The van der Waals surface area contributed by atoms with Crippen LogP contribution >= 0.6 is 0 Å². The lowest BCUT2D eigenvalue weighted by Gasteiger charge is -2.12. The molecule has 0 aliphatic heterocycles. The van der Waals surface area contributed by atoms with Crippen LogP contribution in [0.3, 0.4) is 0 Å². The molecule has 1 rings (SSSR count). The summed E-state index contributed by atoms with van der Waals surface area (Å²) in [4.78, 5) is 13.6. The second kappa shape index (κ2) is 4.44. The van der Waals surface area contributed by atoms with Crippen molar-refractivity contribution in [3.63, 3.8) is 0 Å². The van der Waals surface area contributed by atoms with Gasteiger partial charge in [0.2, 0.25) is 0 Å². The van der Waals surface area contributed by atoms with E-state index >= 15 is 0 Å². The Kier molecular flexibility index (Phi) is 3.39. The highest BCUT2D eigenvalue weighted by atomic mass is 19.4. The van der Waals surface area contributed by atoms with Crippen molar-refractivity contribution in [2.45, 2.75) is 13.0 Å². The van der Waals surface area contributed by atoms with E-state index in [1.807, 2.05) is 0 Å². The van der Waals surface area contributed by atoms with Crippen molar-refractivity contribution < 1.29 is 37.3 Å². The number of rotatable bonds is 3. The molecular formula is C8H5F4NO4. The summed E-state index contributed by atoms with van der Waals surface area (Å²) in [5, 5.41) is 17.7. The highest BCUT2D eigenvalue weighted by Gasteiger charge is 2.33. The number of ether oxygens (including phenoxy) is 1. The highest BCUT2D eigenvalue weighted by molar-refractivity contribution is 5.86. The van der Waals surface area contributed by atoms with Crippen molar-refractivity contribution in [3.05, 3.63) is 17.5 Å². The molecule has 5 nitrogen and oxygen atoms in total. The van der Waals surface area contributed by atoms with E-state index in [1.54, 1.807) is 0 Å². The van der Waals surface area contributed by atoms with Crippen LogP contribution in [0.4, 0.5) is 17.6 Å². The summed E-state index contributed by atoms with van der Waals surface area (Å²) in [5.74, 6) is -4.07. The first-order valence-corrected chi connectivity index (χ1v) is 4.02. The van der Waals surface area contributed by atoms with Gasteiger partial charge in [-0.15, -0.1) is 13.2 Å². The predicted molar refractivity (Wildman–Crippen MR) is 44.4 cm³/mol. The van der Waals surface area contributed by atoms with E-state index in [-0.39, 0.29) is 0 Å². The quantitative estimate of drug-likeness (QED) is 0.806. The van der Waals surface area contributed by atoms with Crippen molar-refractivity contribution in [2.24, 2.45) is 0 Å². The first kappa shape index (κ1) is 13.0. The summed E-state index contributed by atoms with van der Waals surface area (Å²) in [5.41, 5.74) is -1.71. The normalized spacial score (nSPS) is 11.3. The van der Waals surface area contributed by atoms with Gasteiger partial charge in [-0.2, -0.15) is 0 Å². The molecule has 0 aliphatic rings. The molecule has 9 heteroatoms. The molecule has 0 aliphatic carbocycles. The van der Waals surface area contributed by atoms with Crippen LogP contribution in [0.2, 0.25) is 0 Å². The van der Waals surface area contributed by atoms with Gasteiger partial charge in [-0.25, -0.2) is 14.2 Å². The van der Waals surface area contributed by atoms with E-state index < -0.39 is 41.9 Å². The summed E-state index contributed by atoms with van der Waals surface area (Å²) in [6, 6.07) is 0.352. The number of carboxylic acids is 1. The van der Waals surface area contributed by atoms with E-state index in [9.17, 15) is 22.4 Å². The second-order valence-electron chi connectivity index (χ2n) is 2.79. The number of hydrogen-bond acceptors (Lipinski definition) is 4. The number of aromatic nitrogens is 1. The fraction of sp³-hybridized carbons (Fsp3) is 0.250. The Morgan fingerprint density at radius 2 is 2.06 bits per heavy atom. The molecule has 1 heterocycles. The fourth-order valence-electron chi connectivity index (χ4n) is 0.971. The Balaban J connectivity index is 3.28. The molecule has 0 unspecified atom stereocenters. The minimum absolute atomic E-state index is 0.352. The van der Waals surface area contributed by atoms with Crippen LogP contribution in [0.1, 0.15) is 16.2 Å². The summed E-state index contributed by atoms with van der Waals surface area (Å²) in [6.07, 6.45) is -5.14. The third-order valence-corrected chi connectivity index (χ3v) is 1.60. The van der Waals surface area contributed by atoms with Crippen molar-refractivity contribution in [1.82, 2.24) is 4.98 Å². The van der Waals surface area contributed by atoms with Crippen LogP contribution in [0.25, 0.3) is 0 Å². The highest BCUT2D eigenvalue weighted by Crippen LogP contribution is 2.34. The number of carbonyl (C=O) groups is 1. The standard InChI is InChI=1S/C8H5F4NO4/c9-2-4-6(14)5(17-8(10,11)12)1-3(13-4)7(15)16/h1,14H,2H2,(H,15,16). The zero-order valence-electron chi connectivity index (χ0n) is 7.95. The van der Waals surface area contributed by atoms with Gasteiger partial charge in [-0.1, -0.05) is 0 Å². The lowest BCUT2D eigenvalue weighted by atomic mass is 10.2. The zero-order chi connectivity index (χ0) is 13.2. The van der Waals surface area contributed by atoms with Gasteiger partial charge in [0.15, 0.2) is 17.2 Å². The molecule has 94 valence electrons. The van der Waals surface area contributed by atoms with Gasteiger partial charge in [0.05, 0.1) is 0 Å². The monoisotopic (exact) mass is 255 g/mol. The van der Waals surface area contributed by atoms with Crippen molar-refractivity contribution in [2.75, 3.05) is 0 Å². The lowest BCUT2D eigenvalue weighted by molar-refractivity contribution is -0.275. The van der Waals surface area contributed by atoms with E-state index in [0.29, 0.717) is 6.07 Å². The molecule has 2 N–H and O–H groups in total. The van der Waals surface area contributed by atoms with Crippen LogP contribution in [0, 0.1) is 0 Å². The van der Waals surface area contributed by atoms with Gasteiger partial charge >= 0.3 is 12.3 Å². The number of nitrogens with zero attached hydrogens (tertiary/aromatic N) is 1. The number of aromatic carboxylic acids is 1. The number of alkyl halides is 4. The number of carboxylic acid groups (broad SMARTS) is 1. The molecule has 0 saturated carbocycles. The Bertz CT molecular complexity index is 446. The Labute approximate surface area is 91.3 Å². The number of pyridine rings is 1. The first-order chi connectivity index (χ1) is 7.74. The molecule has 1 aromatic rings. The Hall–Kier alpha value is -2.06. The first-order valence-electron chi connectivity index (χ1n) is 4.02. The number of aromatic hydroxyl groups is 1. The largest absolute Gasteiger partial charge is 0.573 e. The van der Waals surface area contributed by atoms with Crippen LogP contribution in [-0.4, -0.2) is 27.5 Å². The molecule has 0 spiro atoms. The molecule has 0 radical (unpaired) electrons. The van der Waals surface area contributed by atoms with E-state index in [1.165, 1.54) is 0 Å². The lowest BCUT2D eigenvalue weighted by Crippen LogP contribution is -2.18. The topological polar surface area (TPSA) is 79.7 Å². The second-order valence-corrected chi connectivity index (χ2v) is 2.79. The van der Waals surface area contributed by atoms with Gasteiger partial charge < -0.3 is 14.9 Å². The van der Waals surface area contributed by atoms with Crippen LogP contribution < -0.4 is 4.74 Å². The van der Waals surface area contributed by atoms with E-state index in [0.717, 1.165) is 0 Å². The van der Waals surface area contributed by atoms with Crippen molar-refractivity contribution in [3.8, 4) is 11.5 Å². The molecule has 0 aromatic carbocycles. The molecule has 0 bridgehead atoms. The minimum Gasteiger partial charge on any atom is -0.503 e. The average Bonchev–Trinajstić information content (AvgIpc) is 2.18. The number of hydrogen-bond donors (Lipinski definition) is 2. The van der Waals surface area contributed by atoms with Crippen molar-refractivity contribution in [1.29, 1.82) is 0 Å². The molecule has 1 aromatic heterocycles. The Morgan fingerprint density at radius 3 is 2.47 bits per heavy atom. The summed E-state index contributed by atoms with van der Waals surface area (Å²) < 4.78 is 51.3. The molecule has 0 saturated heterocycles. The zero-order valence-corrected chi connectivity index (χ0v) is 7.95. The Morgan fingerprint density at radius 1 is 1.47 bits per heavy atom. The van der Waals surface area contributed by atoms with Gasteiger partial charge in [-0.05, 0) is 0 Å². The molecule has 17 heavy (non-hydrogen) atoms. The van der Waals surface area contributed by atoms with Crippen LogP contribution in [-0.2, 0) is 6.67 Å². The van der Waals surface area contributed by atoms with Crippen LogP contribution in [0.15, 0.2) is 6.07 Å². The summed E-state index contributed by atoms with van der Waals surface area (Å²) >= 11 is 0. The average molecular weight is 255 g/mol. The molecule has 0 amide bonds. The fourth-order valence-corrected chi connectivity index (χ4v) is 0.971. The van der Waals surface area contributed by atoms with Gasteiger partial charge in [-0.3, -0.25) is 0 Å². The predicted octanol–water partition coefficient (Wildman–Crippen LogP) is 1.85. The maximum Gasteiger partial charge on any atom is 0.573 e. The molecule has 0 atom stereocenters. The maximum atomic E-state index is 12.3. The van der Waals surface area contributed by atoms with Crippen molar-refractivity contribution >= 4 is 5.97 Å².